The molecule has 0 fully saturated rings. The number of aryl methyl sites for hydroxylation is 2. The first-order chi connectivity index (χ1) is 9.56. The summed E-state index contributed by atoms with van der Waals surface area (Å²) in [6.45, 7) is 3.94. The molecule has 0 spiro atoms. The summed E-state index contributed by atoms with van der Waals surface area (Å²) in [5.74, 6) is 0. The Hall–Kier alpha value is -2.36. The highest BCUT2D eigenvalue weighted by Crippen LogP contribution is 2.21. The first kappa shape index (κ1) is 14.1. The van der Waals surface area contributed by atoms with Crippen molar-refractivity contribution in [2.24, 2.45) is 0 Å². The zero-order valence-corrected chi connectivity index (χ0v) is 11.7. The van der Waals surface area contributed by atoms with Gasteiger partial charge in [0.05, 0.1) is 0 Å². The lowest BCUT2D eigenvalue weighted by Gasteiger charge is -2.17. The Bertz CT molecular complexity index is 597. The molecule has 1 atom stereocenters. The number of anilines is 1. The molecule has 0 saturated heterocycles. The third-order valence-corrected chi connectivity index (χ3v) is 3.38. The summed E-state index contributed by atoms with van der Waals surface area (Å²) in [6, 6.07) is 15.2. The zero-order valence-electron chi connectivity index (χ0n) is 11.7. The number of hydrogen-bond donors (Lipinski definition) is 1. The lowest BCUT2D eigenvalue weighted by atomic mass is 10.1. The molecule has 1 N–H and O–H groups in total. The largest absolute Gasteiger partial charge is 0.372 e. The van der Waals surface area contributed by atoms with E-state index in [2.05, 4.69) is 5.32 Å². The first-order valence-electron chi connectivity index (χ1n) is 6.57. The van der Waals surface area contributed by atoms with Crippen LogP contribution in [0.5, 0.6) is 0 Å². The van der Waals surface area contributed by atoms with Crippen molar-refractivity contribution in [1.82, 2.24) is 0 Å². The van der Waals surface area contributed by atoms with E-state index >= 15 is 0 Å². The molecule has 20 heavy (non-hydrogen) atoms. The van der Waals surface area contributed by atoms with Gasteiger partial charge in [-0.3, -0.25) is 10.1 Å². The summed E-state index contributed by atoms with van der Waals surface area (Å²) >= 11 is 0. The van der Waals surface area contributed by atoms with Gasteiger partial charge < -0.3 is 5.32 Å². The average Bonchev–Trinajstić information content (AvgIpc) is 2.43. The van der Waals surface area contributed by atoms with E-state index in [1.165, 1.54) is 11.1 Å². The van der Waals surface area contributed by atoms with Gasteiger partial charge in [0.25, 0.3) is 0 Å². The van der Waals surface area contributed by atoms with Gasteiger partial charge in [-0.15, -0.1) is 0 Å². The van der Waals surface area contributed by atoms with Crippen molar-refractivity contribution in [3.8, 4) is 0 Å². The number of hydrogen-bond acceptors (Lipinski definition) is 3. The third-order valence-electron chi connectivity index (χ3n) is 3.38. The molecule has 0 aliphatic carbocycles. The van der Waals surface area contributed by atoms with Crippen molar-refractivity contribution < 1.29 is 4.92 Å². The van der Waals surface area contributed by atoms with Crippen LogP contribution in [0.25, 0.3) is 0 Å². The lowest BCUT2D eigenvalue weighted by Crippen LogP contribution is -2.20. The molecule has 1 unspecified atom stereocenters. The van der Waals surface area contributed by atoms with Crippen LogP contribution in [0.2, 0.25) is 0 Å². The quantitative estimate of drug-likeness (QED) is 0.665. The molecule has 0 aliphatic rings. The minimum atomic E-state index is -0.326. The molecule has 0 bridgehead atoms. The molecule has 0 amide bonds. The summed E-state index contributed by atoms with van der Waals surface area (Å²) in [5.41, 5.74) is 4.20. The second kappa shape index (κ2) is 6.19. The molecule has 104 valence electrons. The molecule has 0 radical (unpaired) electrons. The first-order valence-corrected chi connectivity index (χ1v) is 6.57. The standard InChI is InChI=1S/C16H18N2O2/c1-12-8-9-15(10-13(12)2)17-16(11-18(19)20)14-6-4-3-5-7-14/h3-10,16-17H,11H2,1-2H3. The number of benzene rings is 2. The van der Waals surface area contributed by atoms with E-state index in [-0.39, 0.29) is 17.5 Å². The van der Waals surface area contributed by atoms with Crippen LogP contribution in [0.15, 0.2) is 48.5 Å². The van der Waals surface area contributed by atoms with Gasteiger partial charge in [-0.1, -0.05) is 36.4 Å². The van der Waals surface area contributed by atoms with E-state index < -0.39 is 0 Å². The van der Waals surface area contributed by atoms with Crippen molar-refractivity contribution in [3.63, 3.8) is 0 Å². The van der Waals surface area contributed by atoms with E-state index in [1.807, 2.05) is 62.4 Å². The van der Waals surface area contributed by atoms with Crippen molar-refractivity contribution in [1.29, 1.82) is 0 Å². The van der Waals surface area contributed by atoms with Gasteiger partial charge in [0.15, 0.2) is 0 Å². The van der Waals surface area contributed by atoms with E-state index in [4.69, 9.17) is 0 Å². The predicted molar refractivity (Wildman–Crippen MR) is 80.6 cm³/mol. The molecule has 2 rings (SSSR count). The highest BCUT2D eigenvalue weighted by atomic mass is 16.6. The molecule has 0 aromatic heterocycles. The monoisotopic (exact) mass is 270 g/mol. The van der Waals surface area contributed by atoms with Gasteiger partial charge in [0.1, 0.15) is 6.04 Å². The normalized spacial score (nSPS) is 11.9. The van der Waals surface area contributed by atoms with E-state index in [9.17, 15) is 10.1 Å². The molecule has 0 heterocycles. The summed E-state index contributed by atoms with van der Waals surface area (Å²) in [4.78, 5) is 10.6. The Morgan fingerprint density at radius 3 is 2.40 bits per heavy atom. The number of nitrogens with zero attached hydrogens (tertiary/aromatic N) is 1. The average molecular weight is 270 g/mol. The van der Waals surface area contributed by atoms with Crippen LogP contribution < -0.4 is 5.32 Å². The van der Waals surface area contributed by atoms with Crippen molar-refractivity contribution >= 4 is 5.69 Å². The van der Waals surface area contributed by atoms with Crippen molar-refractivity contribution in [2.45, 2.75) is 19.9 Å². The van der Waals surface area contributed by atoms with Crippen LogP contribution in [-0.4, -0.2) is 11.5 Å². The topological polar surface area (TPSA) is 55.2 Å². The number of rotatable bonds is 5. The summed E-state index contributed by atoms with van der Waals surface area (Å²) in [6.07, 6.45) is 0. The summed E-state index contributed by atoms with van der Waals surface area (Å²) in [7, 11) is 0. The molecule has 2 aromatic carbocycles. The van der Waals surface area contributed by atoms with E-state index in [0.29, 0.717) is 0 Å². The van der Waals surface area contributed by atoms with E-state index in [0.717, 1.165) is 11.3 Å². The fourth-order valence-corrected chi connectivity index (χ4v) is 2.10. The minimum Gasteiger partial charge on any atom is -0.372 e. The smallest absolute Gasteiger partial charge is 0.227 e. The van der Waals surface area contributed by atoms with Crippen LogP contribution in [0.1, 0.15) is 22.7 Å². The molecule has 0 saturated carbocycles. The van der Waals surface area contributed by atoms with Crippen molar-refractivity contribution in [2.75, 3.05) is 11.9 Å². The summed E-state index contributed by atoms with van der Waals surface area (Å²) in [5, 5.41) is 14.1. The van der Waals surface area contributed by atoms with Crippen LogP contribution in [0.4, 0.5) is 5.69 Å². The Labute approximate surface area is 118 Å². The summed E-state index contributed by atoms with van der Waals surface area (Å²) < 4.78 is 0. The van der Waals surface area contributed by atoms with Gasteiger partial charge in [-0.2, -0.15) is 0 Å². The molecule has 4 heteroatoms. The maximum Gasteiger partial charge on any atom is 0.227 e. The van der Waals surface area contributed by atoms with Gasteiger partial charge in [0, 0.05) is 10.6 Å². The van der Waals surface area contributed by atoms with Crippen LogP contribution in [-0.2, 0) is 0 Å². The maximum atomic E-state index is 10.9. The SMILES string of the molecule is Cc1ccc(NC(C[N+](=O)[O-])c2ccccc2)cc1C. The number of nitrogens with one attached hydrogen (secondary N) is 1. The van der Waals surface area contributed by atoms with Gasteiger partial charge >= 0.3 is 0 Å². The molecule has 2 aromatic rings. The Morgan fingerprint density at radius 2 is 1.80 bits per heavy atom. The third kappa shape index (κ3) is 3.57. The second-order valence-electron chi connectivity index (χ2n) is 4.92. The van der Waals surface area contributed by atoms with E-state index in [1.54, 1.807) is 0 Å². The maximum absolute atomic E-state index is 10.9. The fourth-order valence-electron chi connectivity index (χ4n) is 2.10. The second-order valence-corrected chi connectivity index (χ2v) is 4.92. The zero-order chi connectivity index (χ0) is 14.5. The molecule has 0 aliphatic heterocycles. The molecular formula is C16H18N2O2. The molecule has 4 nitrogen and oxygen atoms in total. The highest BCUT2D eigenvalue weighted by molar-refractivity contribution is 5.49. The lowest BCUT2D eigenvalue weighted by molar-refractivity contribution is -0.482. The minimum absolute atomic E-state index is 0.142. The predicted octanol–water partition coefficient (Wildman–Crippen LogP) is 3.73. The van der Waals surface area contributed by atoms with Crippen LogP contribution >= 0.6 is 0 Å². The van der Waals surface area contributed by atoms with Crippen molar-refractivity contribution in [3.05, 3.63) is 75.3 Å². The van der Waals surface area contributed by atoms with Crippen LogP contribution in [0, 0.1) is 24.0 Å². The Kier molecular flexibility index (Phi) is 4.35. The van der Waals surface area contributed by atoms with Gasteiger partial charge in [0.2, 0.25) is 6.54 Å². The van der Waals surface area contributed by atoms with Crippen LogP contribution in [0.3, 0.4) is 0 Å². The Balaban J connectivity index is 2.23. The fraction of sp³-hybridized carbons (Fsp3) is 0.250. The number of nitro groups is 1. The highest BCUT2D eigenvalue weighted by Gasteiger charge is 2.17. The van der Waals surface area contributed by atoms with Gasteiger partial charge in [-0.05, 0) is 42.7 Å². The molecular weight excluding hydrogens is 252 g/mol. The van der Waals surface area contributed by atoms with Gasteiger partial charge in [-0.25, -0.2) is 0 Å². The Morgan fingerprint density at radius 1 is 1.10 bits per heavy atom.